The van der Waals surface area contributed by atoms with Crippen LogP contribution >= 0.6 is 11.6 Å². The Kier molecular flexibility index (Phi) is 13.0. The highest BCUT2D eigenvalue weighted by molar-refractivity contribution is 6.22. The molecule has 6 heteroatoms. The number of rotatable bonds is 10. The fraction of sp³-hybridized carbons (Fsp3) is 0.381. The second kappa shape index (κ2) is 15.2. The molecule has 3 N–H and O–H groups in total. The zero-order chi connectivity index (χ0) is 19.7. The molecule has 0 aromatic heterocycles. The lowest BCUT2D eigenvalue weighted by atomic mass is 10.2. The van der Waals surface area contributed by atoms with Crippen molar-refractivity contribution in [1.29, 1.82) is 5.26 Å². The van der Waals surface area contributed by atoms with Crippen LogP contribution in [0.1, 0.15) is 11.1 Å². The van der Waals surface area contributed by atoms with Crippen LogP contribution in [0.4, 0.5) is 0 Å². The highest BCUT2D eigenvalue weighted by Crippen LogP contribution is 2.06. The number of aliphatic hydroxyl groups is 2. The molecule has 146 valence electrons. The van der Waals surface area contributed by atoms with Gasteiger partial charge in [0.25, 0.3) is 0 Å². The lowest BCUT2D eigenvalue weighted by Gasteiger charge is -2.21. The average Bonchev–Trinajstić information content (AvgIpc) is 2.70. The van der Waals surface area contributed by atoms with E-state index in [2.05, 4.69) is 17.4 Å². The Morgan fingerprint density at radius 1 is 0.963 bits per heavy atom. The molecule has 2 aromatic rings. The highest BCUT2D eigenvalue weighted by atomic mass is 35.5. The summed E-state index contributed by atoms with van der Waals surface area (Å²) in [6, 6.07) is 22.0. The van der Waals surface area contributed by atoms with E-state index in [0.717, 1.165) is 12.1 Å². The van der Waals surface area contributed by atoms with Gasteiger partial charge >= 0.3 is 0 Å². The molecule has 0 aliphatic carbocycles. The molecule has 27 heavy (non-hydrogen) atoms. The van der Waals surface area contributed by atoms with E-state index in [1.54, 1.807) is 0 Å². The van der Waals surface area contributed by atoms with E-state index in [-0.39, 0.29) is 13.2 Å². The Labute approximate surface area is 166 Å². The molecule has 2 aromatic carbocycles. The summed E-state index contributed by atoms with van der Waals surface area (Å²) in [6.07, 6.45) is 0. The van der Waals surface area contributed by atoms with Gasteiger partial charge in [-0.15, -0.1) is 11.6 Å². The van der Waals surface area contributed by atoms with Crippen LogP contribution in [0.2, 0.25) is 0 Å². The SMILES string of the molecule is N#CC(Cl)CN(CCO)Cc1ccccc1.OCCNCc1ccccc1. The summed E-state index contributed by atoms with van der Waals surface area (Å²) in [5.41, 5.74) is 2.40. The van der Waals surface area contributed by atoms with Gasteiger partial charge in [-0.3, -0.25) is 4.90 Å². The number of hydrogen-bond donors (Lipinski definition) is 3. The van der Waals surface area contributed by atoms with Gasteiger partial charge in [0.2, 0.25) is 0 Å². The molecule has 1 atom stereocenters. The van der Waals surface area contributed by atoms with E-state index in [4.69, 9.17) is 27.1 Å². The minimum atomic E-state index is -0.532. The van der Waals surface area contributed by atoms with Gasteiger partial charge in [-0.05, 0) is 11.1 Å². The summed E-state index contributed by atoms with van der Waals surface area (Å²) in [5.74, 6) is 0. The van der Waals surface area contributed by atoms with Crippen LogP contribution in [0, 0.1) is 11.3 Å². The lowest BCUT2D eigenvalue weighted by Crippen LogP contribution is -2.31. The van der Waals surface area contributed by atoms with Crippen LogP contribution < -0.4 is 5.32 Å². The zero-order valence-electron chi connectivity index (χ0n) is 15.5. The maximum atomic E-state index is 8.93. The number of benzene rings is 2. The summed E-state index contributed by atoms with van der Waals surface area (Å²) in [4.78, 5) is 1.97. The Hall–Kier alpha value is -1.94. The number of halogens is 1. The van der Waals surface area contributed by atoms with Gasteiger partial charge in [0.1, 0.15) is 5.38 Å². The summed E-state index contributed by atoms with van der Waals surface area (Å²) in [6.45, 7) is 3.46. The Bertz CT molecular complexity index is 635. The quantitative estimate of drug-likeness (QED) is 0.429. The Balaban J connectivity index is 0.000000289. The summed E-state index contributed by atoms with van der Waals surface area (Å²) >= 11 is 5.78. The van der Waals surface area contributed by atoms with E-state index in [0.29, 0.717) is 26.2 Å². The first-order valence-corrected chi connectivity index (χ1v) is 9.39. The molecule has 0 amide bonds. The molecule has 0 radical (unpaired) electrons. The number of nitriles is 1. The maximum absolute atomic E-state index is 8.93. The van der Waals surface area contributed by atoms with Crippen LogP contribution in [0.3, 0.4) is 0 Å². The third-order valence-electron chi connectivity index (χ3n) is 3.68. The predicted molar refractivity (Wildman–Crippen MR) is 109 cm³/mol. The van der Waals surface area contributed by atoms with Crippen molar-refractivity contribution in [2.75, 3.05) is 32.8 Å². The second-order valence-corrected chi connectivity index (χ2v) is 6.45. The Morgan fingerprint density at radius 2 is 1.56 bits per heavy atom. The molecule has 0 aliphatic rings. The fourth-order valence-electron chi connectivity index (χ4n) is 2.39. The van der Waals surface area contributed by atoms with Crippen LogP contribution in [-0.2, 0) is 13.1 Å². The van der Waals surface area contributed by atoms with Gasteiger partial charge in [-0.25, -0.2) is 0 Å². The molecule has 1 unspecified atom stereocenters. The van der Waals surface area contributed by atoms with Gasteiger partial charge in [0.15, 0.2) is 0 Å². The minimum absolute atomic E-state index is 0.0713. The summed E-state index contributed by atoms with van der Waals surface area (Å²) in [5, 5.41) is 28.6. The molecule has 0 bridgehead atoms. The first-order chi connectivity index (χ1) is 13.2. The minimum Gasteiger partial charge on any atom is -0.395 e. The smallest absolute Gasteiger partial charge is 0.133 e. The predicted octanol–water partition coefficient (Wildman–Crippen LogP) is 2.38. The van der Waals surface area contributed by atoms with Crippen LogP contribution in [0.15, 0.2) is 60.7 Å². The molecular formula is C21H28ClN3O2. The standard InChI is InChI=1S/C12H15ClN2O.C9H13NO/c13-12(8-14)10-15(6-7-16)9-11-4-2-1-3-5-11;11-7-6-10-8-9-4-2-1-3-5-9/h1-5,12,16H,6-7,9-10H2;1-5,10-11H,6-8H2. The molecular weight excluding hydrogens is 362 g/mol. The van der Waals surface area contributed by atoms with E-state index in [1.165, 1.54) is 5.56 Å². The number of hydrogen-bond acceptors (Lipinski definition) is 5. The molecule has 0 fully saturated rings. The van der Waals surface area contributed by atoms with Gasteiger partial charge in [0, 0.05) is 32.7 Å². The van der Waals surface area contributed by atoms with E-state index in [1.807, 2.05) is 59.5 Å². The van der Waals surface area contributed by atoms with Crippen molar-refractivity contribution in [3.63, 3.8) is 0 Å². The van der Waals surface area contributed by atoms with Crippen molar-refractivity contribution >= 4 is 11.6 Å². The lowest BCUT2D eigenvalue weighted by molar-refractivity contribution is 0.194. The maximum Gasteiger partial charge on any atom is 0.133 e. The largest absolute Gasteiger partial charge is 0.395 e. The molecule has 5 nitrogen and oxygen atoms in total. The van der Waals surface area contributed by atoms with Crippen molar-refractivity contribution in [3.05, 3.63) is 71.8 Å². The van der Waals surface area contributed by atoms with Crippen molar-refractivity contribution < 1.29 is 10.2 Å². The Morgan fingerprint density at radius 3 is 2.07 bits per heavy atom. The number of aliphatic hydroxyl groups excluding tert-OH is 2. The first kappa shape index (κ1) is 23.1. The van der Waals surface area contributed by atoms with Gasteiger partial charge < -0.3 is 15.5 Å². The average molecular weight is 390 g/mol. The third kappa shape index (κ3) is 11.4. The van der Waals surface area contributed by atoms with Gasteiger partial charge in [0.05, 0.1) is 19.3 Å². The molecule has 0 saturated heterocycles. The van der Waals surface area contributed by atoms with E-state index >= 15 is 0 Å². The molecule has 2 rings (SSSR count). The van der Waals surface area contributed by atoms with Crippen molar-refractivity contribution in [3.8, 4) is 6.07 Å². The number of alkyl halides is 1. The normalized spacial score (nSPS) is 11.4. The van der Waals surface area contributed by atoms with Crippen molar-refractivity contribution in [2.24, 2.45) is 0 Å². The van der Waals surface area contributed by atoms with Crippen molar-refractivity contribution in [1.82, 2.24) is 10.2 Å². The van der Waals surface area contributed by atoms with E-state index in [9.17, 15) is 0 Å². The van der Waals surface area contributed by atoms with Crippen molar-refractivity contribution in [2.45, 2.75) is 18.5 Å². The highest BCUT2D eigenvalue weighted by Gasteiger charge is 2.11. The third-order valence-corrected chi connectivity index (χ3v) is 3.92. The monoisotopic (exact) mass is 389 g/mol. The molecule has 0 saturated carbocycles. The molecule has 0 spiro atoms. The van der Waals surface area contributed by atoms with Crippen LogP contribution in [0.5, 0.6) is 0 Å². The van der Waals surface area contributed by atoms with Gasteiger partial charge in [-0.2, -0.15) is 5.26 Å². The number of nitrogens with one attached hydrogen (secondary N) is 1. The zero-order valence-corrected chi connectivity index (χ0v) is 16.2. The number of nitrogens with zero attached hydrogens (tertiary/aromatic N) is 2. The summed E-state index contributed by atoms with van der Waals surface area (Å²) in [7, 11) is 0. The molecule has 0 heterocycles. The van der Waals surface area contributed by atoms with Crippen LogP contribution in [-0.4, -0.2) is 53.3 Å². The molecule has 0 aliphatic heterocycles. The van der Waals surface area contributed by atoms with Crippen LogP contribution in [0.25, 0.3) is 0 Å². The fourth-order valence-corrected chi connectivity index (χ4v) is 2.59. The van der Waals surface area contributed by atoms with Gasteiger partial charge in [-0.1, -0.05) is 60.7 Å². The topological polar surface area (TPSA) is 79.5 Å². The van der Waals surface area contributed by atoms with E-state index < -0.39 is 5.38 Å². The summed E-state index contributed by atoms with van der Waals surface area (Å²) < 4.78 is 0. The second-order valence-electron chi connectivity index (χ2n) is 5.93. The first-order valence-electron chi connectivity index (χ1n) is 8.96.